The van der Waals surface area contributed by atoms with Crippen LogP contribution in [-0.2, 0) is 20.0 Å². The fourth-order valence-corrected chi connectivity index (χ4v) is 4.41. The summed E-state index contributed by atoms with van der Waals surface area (Å²) in [5, 5.41) is 10.7. The highest BCUT2D eigenvalue weighted by Crippen LogP contribution is 2.21. The smallest absolute Gasteiger partial charge is 0.227 e. The molecule has 3 aromatic heterocycles. The van der Waals surface area contributed by atoms with E-state index in [-0.39, 0.29) is 0 Å². The monoisotopic (exact) mass is 400 g/mol. The van der Waals surface area contributed by atoms with Crippen LogP contribution in [0.2, 0.25) is 0 Å². The van der Waals surface area contributed by atoms with Gasteiger partial charge in [-0.05, 0) is 38.3 Å². The first-order valence-corrected chi connectivity index (χ1v) is 10.8. The maximum atomic E-state index is 5.40. The first-order valence-electron chi connectivity index (χ1n) is 9.90. The van der Waals surface area contributed by atoms with E-state index in [0.29, 0.717) is 5.82 Å². The van der Waals surface area contributed by atoms with Gasteiger partial charge in [-0.3, -0.25) is 9.58 Å². The van der Waals surface area contributed by atoms with Gasteiger partial charge in [0.15, 0.2) is 0 Å². The maximum Gasteiger partial charge on any atom is 0.227 e. The summed E-state index contributed by atoms with van der Waals surface area (Å²) in [5.74, 6) is 1.45. The predicted octanol–water partition coefficient (Wildman–Crippen LogP) is 2.90. The molecule has 0 unspecified atom stereocenters. The summed E-state index contributed by atoms with van der Waals surface area (Å²) in [6.45, 7) is 10.8. The molecule has 3 aromatic rings. The van der Waals surface area contributed by atoms with Crippen LogP contribution in [0.3, 0.4) is 0 Å². The number of thiophene rings is 1. The molecule has 4 rings (SSSR count). The number of nitrogens with zero attached hydrogens (tertiary/aromatic N) is 6. The minimum absolute atomic E-state index is 0.708. The van der Waals surface area contributed by atoms with Gasteiger partial charge in [0.25, 0.3) is 0 Å². The molecular weight excluding hydrogens is 372 g/mol. The summed E-state index contributed by atoms with van der Waals surface area (Å²) < 4.78 is 7.38. The fraction of sp³-hybridized carbons (Fsp3) is 0.550. The molecule has 1 aliphatic heterocycles. The Balaban J connectivity index is 1.20. The molecular formula is C20H28N6OS. The van der Waals surface area contributed by atoms with Crippen molar-refractivity contribution < 1.29 is 4.52 Å². The Morgan fingerprint density at radius 2 is 1.93 bits per heavy atom. The zero-order valence-electron chi connectivity index (χ0n) is 16.9. The van der Waals surface area contributed by atoms with Gasteiger partial charge in [0.1, 0.15) is 0 Å². The Hall–Kier alpha value is -2.03. The number of aryl methyl sites for hydroxylation is 3. The number of aromatic nitrogens is 4. The molecule has 4 heterocycles. The van der Waals surface area contributed by atoms with Gasteiger partial charge in [-0.25, -0.2) is 0 Å². The molecule has 0 bridgehead atoms. The highest BCUT2D eigenvalue weighted by Gasteiger charge is 2.20. The van der Waals surface area contributed by atoms with Crippen molar-refractivity contribution in [2.24, 2.45) is 7.05 Å². The van der Waals surface area contributed by atoms with Gasteiger partial charge in [0.2, 0.25) is 11.7 Å². The lowest BCUT2D eigenvalue weighted by Crippen LogP contribution is -2.46. The van der Waals surface area contributed by atoms with Crippen LogP contribution in [0.5, 0.6) is 0 Å². The lowest BCUT2D eigenvalue weighted by molar-refractivity contribution is 0.125. The standard InChI is InChI=1S/C20H28N6OS/c1-15-17(16(2)24(3)22-15)14-26-11-9-25(10-12-26)8-4-7-19-21-20(23-27-19)18-6-5-13-28-18/h5-6,13H,4,7-12,14H2,1-3H3. The van der Waals surface area contributed by atoms with Gasteiger partial charge in [-0.2, -0.15) is 10.1 Å². The Morgan fingerprint density at radius 3 is 2.61 bits per heavy atom. The molecule has 0 N–H and O–H groups in total. The van der Waals surface area contributed by atoms with Gasteiger partial charge < -0.3 is 9.42 Å². The van der Waals surface area contributed by atoms with Gasteiger partial charge in [0.05, 0.1) is 10.6 Å². The molecule has 0 aromatic carbocycles. The van der Waals surface area contributed by atoms with E-state index in [9.17, 15) is 0 Å². The first kappa shape index (κ1) is 19.3. The molecule has 0 amide bonds. The van der Waals surface area contributed by atoms with Gasteiger partial charge in [-0.1, -0.05) is 11.2 Å². The molecule has 0 saturated carbocycles. The molecule has 0 atom stereocenters. The van der Waals surface area contributed by atoms with Crippen LogP contribution < -0.4 is 0 Å². The van der Waals surface area contributed by atoms with Crippen LogP contribution in [0.15, 0.2) is 22.0 Å². The van der Waals surface area contributed by atoms with Crippen molar-refractivity contribution in [3.63, 3.8) is 0 Å². The van der Waals surface area contributed by atoms with Crippen molar-refractivity contribution in [1.29, 1.82) is 0 Å². The number of hydrogen-bond donors (Lipinski definition) is 0. The predicted molar refractivity (Wildman–Crippen MR) is 110 cm³/mol. The zero-order valence-corrected chi connectivity index (χ0v) is 17.7. The number of piperazine rings is 1. The minimum Gasteiger partial charge on any atom is -0.339 e. The summed E-state index contributed by atoms with van der Waals surface area (Å²) in [7, 11) is 2.02. The molecule has 0 spiro atoms. The quantitative estimate of drug-likeness (QED) is 0.608. The molecule has 1 fully saturated rings. The Bertz CT molecular complexity index is 892. The minimum atomic E-state index is 0.708. The lowest BCUT2D eigenvalue weighted by atomic mass is 10.1. The second-order valence-electron chi connectivity index (χ2n) is 7.48. The normalized spacial score (nSPS) is 16.1. The van der Waals surface area contributed by atoms with E-state index in [0.717, 1.165) is 68.6 Å². The second-order valence-corrected chi connectivity index (χ2v) is 8.43. The summed E-state index contributed by atoms with van der Waals surface area (Å²) in [6, 6.07) is 4.03. The van der Waals surface area contributed by atoms with Crippen LogP contribution in [0, 0.1) is 13.8 Å². The third-order valence-electron chi connectivity index (χ3n) is 5.58. The third kappa shape index (κ3) is 4.34. The van der Waals surface area contributed by atoms with Crippen LogP contribution in [0.25, 0.3) is 10.7 Å². The van der Waals surface area contributed by atoms with Gasteiger partial charge >= 0.3 is 0 Å². The van der Waals surface area contributed by atoms with E-state index in [4.69, 9.17) is 4.52 Å². The summed E-state index contributed by atoms with van der Waals surface area (Å²) in [4.78, 5) is 10.6. The van der Waals surface area contributed by atoms with E-state index in [1.54, 1.807) is 11.3 Å². The summed E-state index contributed by atoms with van der Waals surface area (Å²) in [6.07, 6.45) is 1.89. The topological polar surface area (TPSA) is 63.2 Å². The summed E-state index contributed by atoms with van der Waals surface area (Å²) in [5.41, 5.74) is 3.82. The second kappa shape index (κ2) is 8.55. The molecule has 8 heteroatoms. The molecule has 1 saturated heterocycles. The maximum absolute atomic E-state index is 5.40. The van der Waals surface area contributed by atoms with E-state index in [2.05, 4.69) is 38.9 Å². The van der Waals surface area contributed by atoms with Crippen LogP contribution in [0.4, 0.5) is 0 Å². The Morgan fingerprint density at radius 1 is 1.14 bits per heavy atom. The Labute approximate surface area is 170 Å². The first-order chi connectivity index (χ1) is 13.6. The lowest BCUT2D eigenvalue weighted by Gasteiger charge is -2.34. The van der Waals surface area contributed by atoms with Crippen molar-refractivity contribution >= 4 is 11.3 Å². The van der Waals surface area contributed by atoms with Crippen molar-refractivity contribution in [3.05, 3.63) is 40.4 Å². The van der Waals surface area contributed by atoms with Crippen molar-refractivity contribution in [2.45, 2.75) is 33.2 Å². The zero-order chi connectivity index (χ0) is 19.5. The molecule has 0 aliphatic carbocycles. The SMILES string of the molecule is Cc1nn(C)c(C)c1CN1CCN(CCCc2nc(-c3cccs3)no2)CC1. The Kier molecular flexibility index (Phi) is 5.89. The molecule has 28 heavy (non-hydrogen) atoms. The molecule has 1 aliphatic rings. The van der Waals surface area contributed by atoms with E-state index < -0.39 is 0 Å². The van der Waals surface area contributed by atoms with E-state index >= 15 is 0 Å². The van der Waals surface area contributed by atoms with Crippen LogP contribution in [-0.4, -0.2) is 62.4 Å². The highest BCUT2D eigenvalue weighted by molar-refractivity contribution is 7.13. The third-order valence-corrected chi connectivity index (χ3v) is 6.45. The average molecular weight is 401 g/mol. The number of rotatable bonds is 7. The van der Waals surface area contributed by atoms with Crippen LogP contribution >= 0.6 is 11.3 Å². The largest absolute Gasteiger partial charge is 0.339 e. The molecule has 150 valence electrons. The van der Waals surface area contributed by atoms with Gasteiger partial charge in [0, 0.05) is 57.4 Å². The fourth-order valence-electron chi connectivity index (χ4n) is 3.76. The van der Waals surface area contributed by atoms with Crippen LogP contribution in [0.1, 0.15) is 29.3 Å². The average Bonchev–Trinajstić information content (AvgIpc) is 3.42. The van der Waals surface area contributed by atoms with E-state index in [1.807, 2.05) is 29.2 Å². The van der Waals surface area contributed by atoms with Crippen molar-refractivity contribution in [2.75, 3.05) is 32.7 Å². The highest BCUT2D eigenvalue weighted by atomic mass is 32.1. The van der Waals surface area contributed by atoms with E-state index in [1.165, 1.54) is 11.3 Å². The molecule has 7 nitrogen and oxygen atoms in total. The van der Waals surface area contributed by atoms with Crippen molar-refractivity contribution in [3.8, 4) is 10.7 Å². The van der Waals surface area contributed by atoms with Gasteiger partial charge in [-0.15, -0.1) is 11.3 Å². The number of hydrogen-bond acceptors (Lipinski definition) is 7. The summed E-state index contributed by atoms with van der Waals surface area (Å²) >= 11 is 1.64. The van der Waals surface area contributed by atoms with Crippen molar-refractivity contribution in [1.82, 2.24) is 29.7 Å². The molecule has 0 radical (unpaired) electrons.